The quantitative estimate of drug-likeness (QED) is 0.221. The molecule has 3 amide bonds. The van der Waals surface area contributed by atoms with Crippen LogP contribution in [-0.2, 0) is 30.6 Å². The standard InChI is InChI=1S/C29H46N4O5/c1-5-7-9-15-23(19-27(35)32-38-20-22-13-10-8-11-14-22)29(37)33-25(16-12-17-30-33)28(36)31-24(18-21(3)4)26(34)6-2/h8,10-11,13-14,21,23-25,30H,5-7,9,12,15-20H2,1-4H3,(H,31,36)(H,32,35)/t23-,24+,25+/m1/s1. The summed E-state index contributed by atoms with van der Waals surface area (Å²) in [5.74, 6) is -1.35. The third-order valence-corrected chi connectivity index (χ3v) is 6.75. The van der Waals surface area contributed by atoms with Gasteiger partial charge in [-0.25, -0.2) is 10.9 Å². The minimum atomic E-state index is -0.735. The molecule has 212 valence electrons. The summed E-state index contributed by atoms with van der Waals surface area (Å²) in [6.07, 6.45) is 5.35. The molecule has 1 saturated heterocycles. The molecule has 2 rings (SSSR count). The van der Waals surface area contributed by atoms with Gasteiger partial charge in [-0.1, -0.05) is 77.3 Å². The van der Waals surface area contributed by atoms with Gasteiger partial charge in [-0.3, -0.25) is 29.0 Å². The number of ketones is 1. The molecule has 1 aromatic rings. The SMILES string of the molecule is CCCCC[C@H](CC(=O)NOCc1ccccc1)C(=O)N1NCCC[C@H]1C(=O)N[C@@H](CC(C)C)C(=O)CC. The Labute approximate surface area is 227 Å². The highest BCUT2D eigenvalue weighted by Gasteiger charge is 2.37. The Morgan fingerprint density at radius 2 is 1.84 bits per heavy atom. The van der Waals surface area contributed by atoms with Gasteiger partial charge in [0.1, 0.15) is 6.04 Å². The van der Waals surface area contributed by atoms with Crippen molar-refractivity contribution in [3.63, 3.8) is 0 Å². The van der Waals surface area contributed by atoms with Crippen LogP contribution in [-0.4, -0.2) is 47.1 Å². The van der Waals surface area contributed by atoms with Crippen LogP contribution in [0.4, 0.5) is 0 Å². The molecule has 0 bridgehead atoms. The summed E-state index contributed by atoms with van der Waals surface area (Å²) in [5.41, 5.74) is 6.47. The molecule has 0 unspecified atom stereocenters. The maximum absolute atomic E-state index is 13.7. The number of rotatable bonds is 16. The van der Waals surface area contributed by atoms with Gasteiger partial charge in [0, 0.05) is 25.3 Å². The molecule has 0 saturated carbocycles. The lowest BCUT2D eigenvalue weighted by Gasteiger charge is -2.37. The lowest BCUT2D eigenvalue weighted by Crippen LogP contribution is -2.61. The van der Waals surface area contributed by atoms with Crippen molar-refractivity contribution in [1.29, 1.82) is 0 Å². The van der Waals surface area contributed by atoms with E-state index in [2.05, 4.69) is 23.1 Å². The summed E-state index contributed by atoms with van der Waals surface area (Å²) in [6.45, 7) is 8.68. The first-order chi connectivity index (χ1) is 18.3. The topological polar surface area (TPSA) is 117 Å². The van der Waals surface area contributed by atoms with Crippen LogP contribution in [0.25, 0.3) is 0 Å². The Hall–Kier alpha value is -2.78. The number of Topliss-reactive ketones (excluding diaryl/α,β-unsaturated/α-hetero) is 1. The van der Waals surface area contributed by atoms with Gasteiger partial charge in [0.2, 0.25) is 17.7 Å². The van der Waals surface area contributed by atoms with Gasteiger partial charge in [-0.2, -0.15) is 0 Å². The molecule has 0 aliphatic carbocycles. The van der Waals surface area contributed by atoms with Crippen LogP contribution >= 0.6 is 0 Å². The minimum absolute atomic E-state index is 0.0155. The number of nitrogens with zero attached hydrogens (tertiary/aromatic N) is 1. The molecule has 3 atom stereocenters. The van der Waals surface area contributed by atoms with E-state index in [1.807, 2.05) is 44.2 Å². The predicted octanol–water partition coefficient (Wildman–Crippen LogP) is 3.83. The van der Waals surface area contributed by atoms with E-state index >= 15 is 0 Å². The second-order valence-corrected chi connectivity index (χ2v) is 10.5. The fraction of sp³-hybridized carbons (Fsp3) is 0.655. The van der Waals surface area contributed by atoms with Gasteiger partial charge >= 0.3 is 0 Å². The number of benzene rings is 1. The second-order valence-electron chi connectivity index (χ2n) is 10.5. The number of hydroxylamine groups is 1. The summed E-state index contributed by atoms with van der Waals surface area (Å²) in [5, 5.41) is 4.31. The van der Waals surface area contributed by atoms with Gasteiger partial charge in [-0.15, -0.1) is 0 Å². The molecule has 0 radical (unpaired) electrons. The van der Waals surface area contributed by atoms with Crippen molar-refractivity contribution in [1.82, 2.24) is 21.2 Å². The first-order valence-corrected chi connectivity index (χ1v) is 14.1. The monoisotopic (exact) mass is 530 g/mol. The highest BCUT2D eigenvalue weighted by Crippen LogP contribution is 2.21. The second kappa shape index (κ2) is 16.9. The zero-order valence-electron chi connectivity index (χ0n) is 23.5. The third kappa shape index (κ3) is 10.5. The van der Waals surface area contributed by atoms with Gasteiger partial charge in [0.05, 0.1) is 12.6 Å². The molecule has 9 heteroatoms. The highest BCUT2D eigenvalue weighted by atomic mass is 16.6. The lowest BCUT2D eigenvalue weighted by atomic mass is 9.94. The fourth-order valence-corrected chi connectivity index (χ4v) is 4.66. The molecule has 1 aliphatic rings. The Balaban J connectivity index is 2.07. The van der Waals surface area contributed by atoms with Crippen LogP contribution in [0.2, 0.25) is 0 Å². The van der Waals surface area contributed by atoms with Crippen molar-refractivity contribution in [2.24, 2.45) is 11.8 Å². The maximum atomic E-state index is 13.7. The van der Waals surface area contributed by atoms with Crippen molar-refractivity contribution in [3.05, 3.63) is 35.9 Å². The first-order valence-electron chi connectivity index (χ1n) is 14.1. The Kier molecular flexibility index (Phi) is 14.0. The molecule has 38 heavy (non-hydrogen) atoms. The Bertz CT molecular complexity index is 892. The van der Waals surface area contributed by atoms with Gasteiger partial charge in [0.15, 0.2) is 5.78 Å². The number of hydrazine groups is 1. The molecule has 1 aromatic carbocycles. The first kappa shape index (κ1) is 31.4. The van der Waals surface area contributed by atoms with Crippen LogP contribution < -0.4 is 16.2 Å². The van der Waals surface area contributed by atoms with Crippen LogP contribution in [0.3, 0.4) is 0 Å². The van der Waals surface area contributed by atoms with Crippen LogP contribution in [0.1, 0.15) is 91.0 Å². The number of amides is 3. The zero-order chi connectivity index (χ0) is 27.9. The van der Waals surface area contributed by atoms with Gasteiger partial charge in [-0.05, 0) is 37.2 Å². The molecular weight excluding hydrogens is 484 g/mol. The van der Waals surface area contributed by atoms with Crippen LogP contribution in [0.15, 0.2) is 30.3 Å². The largest absolute Gasteiger partial charge is 0.344 e. The van der Waals surface area contributed by atoms with Crippen LogP contribution in [0.5, 0.6) is 0 Å². The van der Waals surface area contributed by atoms with E-state index in [0.717, 1.165) is 31.2 Å². The molecule has 0 spiro atoms. The Morgan fingerprint density at radius 1 is 1.11 bits per heavy atom. The van der Waals surface area contributed by atoms with Crippen molar-refractivity contribution >= 4 is 23.5 Å². The molecule has 1 aliphatic heterocycles. The Morgan fingerprint density at radius 3 is 2.50 bits per heavy atom. The van der Waals surface area contributed by atoms with Crippen molar-refractivity contribution in [2.75, 3.05) is 6.54 Å². The average Bonchev–Trinajstić information content (AvgIpc) is 2.91. The summed E-state index contributed by atoms with van der Waals surface area (Å²) in [7, 11) is 0. The summed E-state index contributed by atoms with van der Waals surface area (Å²) >= 11 is 0. The zero-order valence-corrected chi connectivity index (χ0v) is 23.5. The number of carbonyl (C=O) groups excluding carboxylic acids is 4. The molecule has 3 N–H and O–H groups in total. The summed E-state index contributed by atoms with van der Waals surface area (Å²) < 4.78 is 0. The lowest BCUT2D eigenvalue weighted by molar-refractivity contribution is -0.153. The van der Waals surface area contributed by atoms with E-state index in [-0.39, 0.29) is 42.5 Å². The molecule has 0 aromatic heterocycles. The summed E-state index contributed by atoms with van der Waals surface area (Å²) in [6, 6.07) is 8.19. The third-order valence-electron chi connectivity index (χ3n) is 6.75. The van der Waals surface area contributed by atoms with Gasteiger partial charge in [0.25, 0.3) is 0 Å². The van der Waals surface area contributed by atoms with E-state index in [9.17, 15) is 19.2 Å². The van der Waals surface area contributed by atoms with E-state index in [0.29, 0.717) is 32.2 Å². The average molecular weight is 531 g/mol. The highest BCUT2D eigenvalue weighted by molar-refractivity contribution is 5.93. The number of hydrogen-bond donors (Lipinski definition) is 3. The summed E-state index contributed by atoms with van der Waals surface area (Å²) in [4.78, 5) is 57.5. The van der Waals surface area contributed by atoms with E-state index < -0.39 is 18.0 Å². The van der Waals surface area contributed by atoms with Crippen LogP contribution in [0, 0.1) is 11.8 Å². The minimum Gasteiger partial charge on any atom is -0.344 e. The number of nitrogens with one attached hydrogen (secondary N) is 3. The predicted molar refractivity (Wildman–Crippen MR) is 146 cm³/mol. The molecule has 1 fully saturated rings. The fourth-order valence-electron chi connectivity index (χ4n) is 4.66. The van der Waals surface area contributed by atoms with Gasteiger partial charge < -0.3 is 5.32 Å². The van der Waals surface area contributed by atoms with Crippen molar-refractivity contribution < 1.29 is 24.0 Å². The number of unbranched alkanes of at least 4 members (excludes halogenated alkanes) is 2. The number of hydrogen-bond acceptors (Lipinski definition) is 6. The molecule has 1 heterocycles. The van der Waals surface area contributed by atoms with E-state index in [1.165, 1.54) is 5.01 Å². The molecular formula is C29H46N4O5. The normalized spacial score (nSPS) is 17.1. The molecule has 9 nitrogen and oxygen atoms in total. The van der Waals surface area contributed by atoms with E-state index in [1.54, 1.807) is 6.92 Å². The van der Waals surface area contributed by atoms with Crippen molar-refractivity contribution in [2.45, 2.75) is 104 Å². The maximum Gasteiger partial charge on any atom is 0.245 e. The number of carbonyl (C=O) groups is 4. The van der Waals surface area contributed by atoms with E-state index in [4.69, 9.17) is 4.84 Å². The van der Waals surface area contributed by atoms with Crippen molar-refractivity contribution in [3.8, 4) is 0 Å². The smallest absolute Gasteiger partial charge is 0.245 e.